The molecular formula is C15H13ClO2S. The van der Waals surface area contributed by atoms with Crippen LogP contribution < -0.4 is 0 Å². The summed E-state index contributed by atoms with van der Waals surface area (Å²) in [6.07, 6.45) is 0.741. The highest BCUT2D eigenvalue weighted by atomic mass is 35.5. The van der Waals surface area contributed by atoms with E-state index in [2.05, 4.69) is 0 Å². The van der Waals surface area contributed by atoms with Crippen molar-refractivity contribution in [2.24, 2.45) is 0 Å². The number of carbonyl (C=O) groups is 1. The summed E-state index contributed by atoms with van der Waals surface area (Å²) in [5.74, 6) is -0.764. The van der Waals surface area contributed by atoms with Gasteiger partial charge in [0.25, 0.3) is 0 Å². The molecule has 0 atom stereocenters. The fourth-order valence-corrected chi connectivity index (χ4v) is 2.56. The van der Waals surface area contributed by atoms with Crippen LogP contribution in [0.15, 0.2) is 58.3 Å². The second kappa shape index (κ2) is 6.64. The Morgan fingerprint density at radius 3 is 2.05 bits per heavy atom. The van der Waals surface area contributed by atoms with Crippen molar-refractivity contribution in [3.05, 3.63) is 59.1 Å². The van der Waals surface area contributed by atoms with Crippen molar-refractivity contribution in [2.45, 2.75) is 22.6 Å². The van der Waals surface area contributed by atoms with Crippen LogP contribution >= 0.6 is 23.4 Å². The molecule has 0 aliphatic rings. The summed E-state index contributed by atoms with van der Waals surface area (Å²) in [6.45, 7) is 0. The lowest BCUT2D eigenvalue weighted by Gasteiger charge is -2.03. The van der Waals surface area contributed by atoms with E-state index in [0.29, 0.717) is 6.42 Å². The smallest absolute Gasteiger partial charge is 0.303 e. The van der Waals surface area contributed by atoms with Crippen molar-refractivity contribution < 1.29 is 9.90 Å². The molecule has 4 heteroatoms. The molecule has 0 aliphatic carbocycles. The van der Waals surface area contributed by atoms with Crippen LogP contribution in [0.25, 0.3) is 0 Å². The van der Waals surface area contributed by atoms with Crippen molar-refractivity contribution in [2.75, 3.05) is 0 Å². The zero-order valence-electron chi connectivity index (χ0n) is 10.2. The number of carboxylic acids is 1. The van der Waals surface area contributed by atoms with Crippen LogP contribution in [0.2, 0.25) is 5.02 Å². The first-order chi connectivity index (χ1) is 9.13. The number of benzene rings is 2. The van der Waals surface area contributed by atoms with E-state index < -0.39 is 5.97 Å². The van der Waals surface area contributed by atoms with E-state index in [1.165, 1.54) is 0 Å². The van der Waals surface area contributed by atoms with Gasteiger partial charge in [-0.25, -0.2) is 0 Å². The summed E-state index contributed by atoms with van der Waals surface area (Å²) in [4.78, 5) is 12.7. The highest BCUT2D eigenvalue weighted by Gasteiger charge is 2.01. The monoisotopic (exact) mass is 292 g/mol. The summed E-state index contributed by atoms with van der Waals surface area (Å²) in [6, 6.07) is 15.7. The Kier molecular flexibility index (Phi) is 4.88. The maximum Gasteiger partial charge on any atom is 0.303 e. The molecule has 2 nitrogen and oxygen atoms in total. The highest BCUT2D eigenvalue weighted by molar-refractivity contribution is 7.99. The average Bonchev–Trinajstić information content (AvgIpc) is 2.40. The van der Waals surface area contributed by atoms with Crippen LogP contribution in [-0.2, 0) is 11.2 Å². The quantitative estimate of drug-likeness (QED) is 0.881. The largest absolute Gasteiger partial charge is 0.481 e. The van der Waals surface area contributed by atoms with E-state index in [4.69, 9.17) is 16.7 Å². The topological polar surface area (TPSA) is 37.3 Å². The SMILES string of the molecule is O=C(O)CCc1ccc(Sc2ccc(Cl)cc2)cc1. The molecule has 2 aromatic rings. The van der Waals surface area contributed by atoms with Gasteiger partial charge in [0.05, 0.1) is 0 Å². The molecule has 1 N–H and O–H groups in total. The third-order valence-corrected chi connectivity index (χ3v) is 3.87. The van der Waals surface area contributed by atoms with E-state index in [1.807, 2.05) is 48.5 Å². The second-order valence-electron chi connectivity index (χ2n) is 4.09. The molecule has 2 aromatic carbocycles. The summed E-state index contributed by atoms with van der Waals surface area (Å²) < 4.78 is 0. The minimum Gasteiger partial charge on any atom is -0.481 e. The van der Waals surface area contributed by atoms with Gasteiger partial charge in [-0.2, -0.15) is 0 Å². The number of aliphatic carboxylic acids is 1. The lowest BCUT2D eigenvalue weighted by atomic mass is 10.1. The molecule has 0 heterocycles. The first kappa shape index (κ1) is 14.0. The third kappa shape index (κ3) is 4.62. The predicted molar refractivity (Wildman–Crippen MR) is 78.0 cm³/mol. The van der Waals surface area contributed by atoms with E-state index >= 15 is 0 Å². The second-order valence-corrected chi connectivity index (χ2v) is 5.68. The van der Waals surface area contributed by atoms with Gasteiger partial charge in [-0.05, 0) is 48.4 Å². The number of carboxylic acid groups (broad SMARTS) is 1. The third-order valence-electron chi connectivity index (χ3n) is 2.60. The number of hydrogen-bond donors (Lipinski definition) is 1. The van der Waals surface area contributed by atoms with Gasteiger partial charge in [-0.1, -0.05) is 35.5 Å². The zero-order valence-corrected chi connectivity index (χ0v) is 11.7. The van der Waals surface area contributed by atoms with E-state index in [-0.39, 0.29) is 6.42 Å². The van der Waals surface area contributed by atoms with Crippen LogP contribution in [-0.4, -0.2) is 11.1 Å². The van der Waals surface area contributed by atoms with Gasteiger partial charge in [-0.3, -0.25) is 4.79 Å². The summed E-state index contributed by atoms with van der Waals surface area (Å²) in [7, 11) is 0. The van der Waals surface area contributed by atoms with Gasteiger partial charge in [0.15, 0.2) is 0 Å². The Morgan fingerprint density at radius 2 is 1.53 bits per heavy atom. The molecule has 0 aliphatic heterocycles. The molecule has 0 amide bonds. The van der Waals surface area contributed by atoms with Crippen molar-refractivity contribution >= 4 is 29.3 Å². The minimum atomic E-state index is -0.764. The Morgan fingerprint density at radius 1 is 1.00 bits per heavy atom. The van der Waals surface area contributed by atoms with Gasteiger partial charge in [0.1, 0.15) is 0 Å². The number of aryl methyl sites for hydroxylation is 1. The van der Waals surface area contributed by atoms with E-state index in [1.54, 1.807) is 11.8 Å². The Bertz CT molecular complexity index is 549. The molecule has 0 fully saturated rings. The van der Waals surface area contributed by atoms with Gasteiger partial charge >= 0.3 is 5.97 Å². The fraction of sp³-hybridized carbons (Fsp3) is 0.133. The van der Waals surface area contributed by atoms with Crippen molar-refractivity contribution in [3.63, 3.8) is 0 Å². The summed E-state index contributed by atoms with van der Waals surface area (Å²) in [5, 5.41) is 9.36. The van der Waals surface area contributed by atoms with Crippen molar-refractivity contribution in [1.82, 2.24) is 0 Å². The van der Waals surface area contributed by atoms with Crippen molar-refractivity contribution in [3.8, 4) is 0 Å². The molecule has 0 saturated heterocycles. The van der Waals surface area contributed by atoms with Gasteiger partial charge in [0.2, 0.25) is 0 Å². The van der Waals surface area contributed by atoms with E-state index in [9.17, 15) is 4.79 Å². The minimum absolute atomic E-state index is 0.170. The molecule has 0 radical (unpaired) electrons. The maximum absolute atomic E-state index is 10.5. The predicted octanol–water partition coefficient (Wildman–Crippen LogP) is 4.51. The van der Waals surface area contributed by atoms with Gasteiger partial charge < -0.3 is 5.11 Å². The first-order valence-electron chi connectivity index (χ1n) is 5.87. The summed E-state index contributed by atoms with van der Waals surface area (Å²) in [5.41, 5.74) is 1.04. The molecule has 19 heavy (non-hydrogen) atoms. The van der Waals surface area contributed by atoms with Crippen LogP contribution in [0, 0.1) is 0 Å². The Labute approximate surface area is 121 Å². The zero-order chi connectivity index (χ0) is 13.7. The maximum atomic E-state index is 10.5. The highest BCUT2D eigenvalue weighted by Crippen LogP contribution is 2.28. The van der Waals surface area contributed by atoms with Crippen LogP contribution in [0.3, 0.4) is 0 Å². The van der Waals surface area contributed by atoms with Crippen LogP contribution in [0.1, 0.15) is 12.0 Å². The van der Waals surface area contributed by atoms with Crippen LogP contribution in [0.4, 0.5) is 0 Å². The lowest BCUT2D eigenvalue weighted by molar-refractivity contribution is -0.136. The van der Waals surface area contributed by atoms with Gasteiger partial charge in [-0.15, -0.1) is 0 Å². The number of hydrogen-bond acceptors (Lipinski definition) is 2. The molecule has 0 spiro atoms. The first-order valence-corrected chi connectivity index (χ1v) is 7.07. The molecule has 0 aromatic heterocycles. The number of rotatable bonds is 5. The Balaban J connectivity index is 1.98. The Hall–Kier alpha value is -1.45. The molecule has 0 bridgehead atoms. The van der Waals surface area contributed by atoms with Gasteiger partial charge in [0, 0.05) is 21.2 Å². The fourth-order valence-electron chi connectivity index (χ4n) is 1.61. The molecular weight excluding hydrogens is 280 g/mol. The molecule has 0 saturated carbocycles. The molecule has 2 rings (SSSR count). The lowest BCUT2D eigenvalue weighted by Crippen LogP contribution is -1.97. The number of halogens is 1. The van der Waals surface area contributed by atoms with E-state index in [0.717, 1.165) is 20.4 Å². The van der Waals surface area contributed by atoms with Crippen molar-refractivity contribution in [1.29, 1.82) is 0 Å². The normalized spacial score (nSPS) is 10.4. The summed E-state index contributed by atoms with van der Waals surface area (Å²) >= 11 is 7.49. The average molecular weight is 293 g/mol. The molecule has 0 unspecified atom stereocenters. The standard InChI is InChI=1S/C15H13ClO2S/c16-12-4-8-14(9-5-12)19-13-6-1-11(2-7-13)3-10-15(17)18/h1-2,4-9H,3,10H2,(H,17,18). The molecule has 98 valence electrons. The van der Waals surface area contributed by atoms with Crippen LogP contribution in [0.5, 0.6) is 0 Å².